The predicted molar refractivity (Wildman–Crippen MR) is 76.2 cm³/mol. The monoisotopic (exact) mass is 321 g/mol. The highest BCUT2D eigenvalue weighted by Gasteiger charge is 2.31. The van der Waals surface area contributed by atoms with E-state index < -0.39 is 18.4 Å². The van der Waals surface area contributed by atoms with Gasteiger partial charge in [0.2, 0.25) is 0 Å². The van der Waals surface area contributed by atoms with Crippen LogP contribution in [-0.4, -0.2) is 35.4 Å². The minimum atomic E-state index is -4.75. The lowest BCUT2D eigenvalue weighted by molar-refractivity contribution is -0.274. The van der Waals surface area contributed by atoms with Gasteiger partial charge in [0.25, 0.3) is 0 Å². The summed E-state index contributed by atoms with van der Waals surface area (Å²) in [6.07, 6.45) is -4.75. The molecule has 1 atom stereocenters. The zero-order chi connectivity index (χ0) is 16.2. The molecule has 0 spiro atoms. The van der Waals surface area contributed by atoms with E-state index in [1.807, 2.05) is 0 Å². The highest BCUT2D eigenvalue weighted by molar-refractivity contribution is 7.80. The van der Waals surface area contributed by atoms with Crippen molar-refractivity contribution in [2.45, 2.75) is 19.3 Å². The van der Waals surface area contributed by atoms with Crippen LogP contribution in [0.25, 0.3) is 0 Å². The molecule has 0 saturated carbocycles. The Balaban J connectivity index is 2.67. The van der Waals surface area contributed by atoms with Crippen molar-refractivity contribution < 1.29 is 22.7 Å². The van der Waals surface area contributed by atoms with Crippen molar-refractivity contribution in [2.75, 3.05) is 12.4 Å². The second-order valence-corrected chi connectivity index (χ2v) is 4.66. The number of ether oxygens (including phenoxy) is 1. The number of halogens is 3. The van der Waals surface area contributed by atoms with Gasteiger partial charge >= 0.3 is 12.4 Å². The van der Waals surface area contributed by atoms with Crippen LogP contribution in [0.5, 0.6) is 5.75 Å². The Labute approximate surface area is 124 Å². The number of carbonyl (C=O) groups is 1. The summed E-state index contributed by atoms with van der Waals surface area (Å²) < 4.78 is 39.7. The molecule has 2 amide bonds. The molecule has 0 fully saturated rings. The molecular weight excluding hydrogens is 307 g/mol. The maximum absolute atomic E-state index is 12.0. The van der Waals surface area contributed by atoms with E-state index in [1.165, 1.54) is 24.1 Å². The molecule has 0 bridgehead atoms. The van der Waals surface area contributed by atoms with E-state index in [1.54, 1.807) is 6.92 Å². The summed E-state index contributed by atoms with van der Waals surface area (Å²) in [4.78, 5) is 13.3. The van der Waals surface area contributed by atoms with E-state index in [9.17, 15) is 18.0 Å². The number of urea groups is 1. The van der Waals surface area contributed by atoms with Gasteiger partial charge in [-0.1, -0.05) is 12.2 Å². The first-order valence-corrected chi connectivity index (χ1v) is 6.20. The average Bonchev–Trinajstić information content (AvgIpc) is 2.37. The quantitative estimate of drug-likeness (QED) is 0.837. The third kappa shape index (κ3) is 5.46. The Kier molecular flexibility index (Phi) is 5.36. The first-order valence-electron chi connectivity index (χ1n) is 5.79. The number of nitrogens with one attached hydrogen (secondary N) is 1. The van der Waals surface area contributed by atoms with Crippen molar-refractivity contribution in [3.63, 3.8) is 0 Å². The summed E-state index contributed by atoms with van der Waals surface area (Å²) in [7, 11) is 1.50. The van der Waals surface area contributed by atoms with Gasteiger partial charge < -0.3 is 20.7 Å². The standard InChI is InChI=1S/C12H14F3N3O2S/c1-7(10(16)21)18(2)11(19)17-8-3-5-9(6-4-8)20-12(13,14)15/h3-7H,1-2H3,(H2,16,21)(H,17,19). The number of anilines is 1. The second-order valence-electron chi connectivity index (χ2n) is 4.19. The van der Waals surface area contributed by atoms with Crippen molar-refractivity contribution in [2.24, 2.45) is 5.73 Å². The molecule has 0 heterocycles. The molecule has 1 rings (SSSR count). The maximum atomic E-state index is 12.0. The number of benzene rings is 1. The van der Waals surface area contributed by atoms with Crippen molar-refractivity contribution in [1.82, 2.24) is 4.90 Å². The first kappa shape index (κ1) is 17.0. The molecule has 0 saturated heterocycles. The number of likely N-dealkylation sites (N-methyl/N-ethyl adjacent to an activating group) is 1. The van der Waals surface area contributed by atoms with Crippen LogP contribution in [0.15, 0.2) is 24.3 Å². The van der Waals surface area contributed by atoms with Crippen LogP contribution < -0.4 is 15.8 Å². The smallest absolute Gasteiger partial charge is 0.406 e. The fourth-order valence-corrected chi connectivity index (χ4v) is 1.48. The molecule has 0 radical (unpaired) electrons. The zero-order valence-electron chi connectivity index (χ0n) is 11.3. The molecule has 5 nitrogen and oxygen atoms in total. The normalized spacial score (nSPS) is 12.4. The molecule has 21 heavy (non-hydrogen) atoms. The summed E-state index contributed by atoms with van der Waals surface area (Å²) in [5, 5.41) is 2.50. The number of thiocarbonyl (C=S) groups is 1. The number of hydrogen-bond acceptors (Lipinski definition) is 3. The molecule has 3 N–H and O–H groups in total. The van der Waals surface area contributed by atoms with Gasteiger partial charge in [0.05, 0.1) is 11.0 Å². The lowest BCUT2D eigenvalue weighted by Crippen LogP contribution is -2.44. The largest absolute Gasteiger partial charge is 0.573 e. The van der Waals surface area contributed by atoms with E-state index in [0.717, 1.165) is 12.1 Å². The Morgan fingerprint density at radius 1 is 1.38 bits per heavy atom. The van der Waals surface area contributed by atoms with Crippen LogP contribution in [0.2, 0.25) is 0 Å². The number of hydrogen-bond donors (Lipinski definition) is 2. The Morgan fingerprint density at radius 2 is 1.90 bits per heavy atom. The Bertz CT molecular complexity index is 519. The number of alkyl halides is 3. The lowest BCUT2D eigenvalue weighted by Gasteiger charge is -2.24. The lowest BCUT2D eigenvalue weighted by atomic mass is 10.3. The highest BCUT2D eigenvalue weighted by Crippen LogP contribution is 2.24. The molecule has 0 aliphatic heterocycles. The molecule has 116 valence electrons. The van der Waals surface area contributed by atoms with Gasteiger partial charge in [0.15, 0.2) is 0 Å². The number of amides is 2. The Hall–Kier alpha value is -2.03. The molecule has 0 aromatic heterocycles. The number of carbonyl (C=O) groups excluding carboxylic acids is 1. The van der Waals surface area contributed by atoms with E-state index in [2.05, 4.69) is 10.1 Å². The van der Waals surface area contributed by atoms with Gasteiger partial charge in [0.1, 0.15) is 5.75 Å². The van der Waals surface area contributed by atoms with Crippen LogP contribution in [0, 0.1) is 0 Å². The highest BCUT2D eigenvalue weighted by atomic mass is 32.1. The third-order valence-corrected chi connectivity index (χ3v) is 2.99. The molecular formula is C12H14F3N3O2S. The van der Waals surface area contributed by atoms with Gasteiger partial charge in [-0.15, -0.1) is 13.2 Å². The van der Waals surface area contributed by atoms with Crippen molar-refractivity contribution in [3.05, 3.63) is 24.3 Å². The van der Waals surface area contributed by atoms with Gasteiger partial charge in [0, 0.05) is 12.7 Å². The predicted octanol–water partition coefficient (Wildman–Crippen LogP) is 2.72. The van der Waals surface area contributed by atoms with Gasteiger partial charge in [-0.25, -0.2) is 4.79 Å². The van der Waals surface area contributed by atoms with Crippen molar-refractivity contribution in [1.29, 1.82) is 0 Å². The molecule has 1 unspecified atom stereocenters. The van der Waals surface area contributed by atoms with E-state index in [4.69, 9.17) is 18.0 Å². The topological polar surface area (TPSA) is 67.6 Å². The number of nitrogens with zero attached hydrogens (tertiary/aromatic N) is 1. The molecule has 1 aromatic carbocycles. The second kappa shape index (κ2) is 6.61. The van der Waals surface area contributed by atoms with Crippen molar-refractivity contribution in [3.8, 4) is 5.75 Å². The summed E-state index contributed by atoms with van der Waals surface area (Å²) in [6, 6.07) is 3.84. The summed E-state index contributed by atoms with van der Waals surface area (Å²) in [5.41, 5.74) is 5.75. The van der Waals surface area contributed by atoms with Gasteiger partial charge in [-0.3, -0.25) is 0 Å². The summed E-state index contributed by atoms with van der Waals surface area (Å²) in [6.45, 7) is 1.65. The Morgan fingerprint density at radius 3 is 2.33 bits per heavy atom. The van der Waals surface area contributed by atoms with Crippen LogP contribution >= 0.6 is 12.2 Å². The van der Waals surface area contributed by atoms with Gasteiger partial charge in [-0.2, -0.15) is 0 Å². The molecule has 0 aliphatic rings. The number of rotatable bonds is 4. The van der Waals surface area contributed by atoms with Crippen LogP contribution in [0.3, 0.4) is 0 Å². The summed E-state index contributed by atoms with van der Waals surface area (Å²) in [5.74, 6) is -0.370. The summed E-state index contributed by atoms with van der Waals surface area (Å²) >= 11 is 4.78. The molecule has 9 heteroatoms. The van der Waals surface area contributed by atoms with Crippen molar-refractivity contribution >= 4 is 28.9 Å². The fourth-order valence-electron chi connectivity index (χ4n) is 1.32. The average molecular weight is 321 g/mol. The minimum Gasteiger partial charge on any atom is -0.406 e. The van der Waals surface area contributed by atoms with Gasteiger partial charge in [-0.05, 0) is 31.2 Å². The fraction of sp³-hybridized carbons (Fsp3) is 0.333. The minimum absolute atomic E-state index is 0.154. The van der Waals surface area contributed by atoms with Crippen LogP contribution in [0.4, 0.5) is 23.7 Å². The van der Waals surface area contributed by atoms with Crippen LogP contribution in [-0.2, 0) is 0 Å². The first-order chi connectivity index (χ1) is 9.60. The number of nitrogens with two attached hydrogens (primary N) is 1. The third-order valence-electron chi connectivity index (χ3n) is 2.65. The zero-order valence-corrected chi connectivity index (χ0v) is 12.1. The molecule has 0 aliphatic carbocycles. The SMILES string of the molecule is CC(C(N)=S)N(C)C(=O)Nc1ccc(OC(F)(F)F)cc1. The van der Waals surface area contributed by atoms with E-state index in [0.29, 0.717) is 5.69 Å². The van der Waals surface area contributed by atoms with E-state index >= 15 is 0 Å². The van der Waals surface area contributed by atoms with E-state index in [-0.39, 0.29) is 10.7 Å². The van der Waals surface area contributed by atoms with Crippen LogP contribution in [0.1, 0.15) is 6.92 Å². The maximum Gasteiger partial charge on any atom is 0.573 e. The molecule has 1 aromatic rings.